The maximum atomic E-state index is 5.70. The Balaban J connectivity index is 2.16. The third-order valence-electron chi connectivity index (χ3n) is 2.37. The van der Waals surface area contributed by atoms with Crippen molar-refractivity contribution < 1.29 is 4.74 Å². The molecular formula is C13H23N3O. The van der Waals surface area contributed by atoms with E-state index in [9.17, 15) is 0 Å². The third kappa shape index (κ3) is 5.54. The van der Waals surface area contributed by atoms with Crippen molar-refractivity contribution in [2.24, 2.45) is 5.92 Å². The zero-order chi connectivity index (χ0) is 12.7. The van der Waals surface area contributed by atoms with Crippen molar-refractivity contribution in [3.63, 3.8) is 0 Å². The Morgan fingerprint density at radius 2 is 2.24 bits per heavy atom. The molecule has 96 valence electrons. The van der Waals surface area contributed by atoms with E-state index in [2.05, 4.69) is 24.1 Å². The number of ether oxygens (including phenoxy) is 1. The summed E-state index contributed by atoms with van der Waals surface area (Å²) < 4.78 is 5.50. The van der Waals surface area contributed by atoms with E-state index in [-0.39, 0.29) is 0 Å². The fourth-order valence-corrected chi connectivity index (χ4v) is 1.37. The van der Waals surface area contributed by atoms with Gasteiger partial charge < -0.3 is 15.8 Å². The first-order valence-corrected chi connectivity index (χ1v) is 6.13. The minimum Gasteiger partial charge on any atom is -0.397 e. The SMILES string of the molecule is Cc1cc(NCCCOCC(C)C)ncc1N. The molecular weight excluding hydrogens is 214 g/mol. The molecule has 0 radical (unpaired) electrons. The maximum Gasteiger partial charge on any atom is 0.126 e. The van der Waals surface area contributed by atoms with E-state index >= 15 is 0 Å². The lowest BCUT2D eigenvalue weighted by Gasteiger charge is -2.09. The van der Waals surface area contributed by atoms with Gasteiger partial charge in [0.05, 0.1) is 11.9 Å². The highest BCUT2D eigenvalue weighted by atomic mass is 16.5. The van der Waals surface area contributed by atoms with Crippen molar-refractivity contribution in [2.75, 3.05) is 30.8 Å². The standard InChI is InChI=1S/C13H23N3O/c1-10(2)9-17-6-4-5-15-13-7-11(3)12(14)8-16-13/h7-8,10H,4-6,9,14H2,1-3H3,(H,15,16). The number of aromatic nitrogens is 1. The molecule has 0 spiro atoms. The molecule has 4 heteroatoms. The summed E-state index contributed by atoms with van der Waals surface area (Å²) in [6.07, 6.45) is 2.67. The molecule has 3 N–H and O–H groups in total. The molecule has 0 bridgehead atoms. The van der Waals surface area contributed by atoms with E-state index in [1.807, 2.05) is 13.0 Å². The third-order valence-corrected chi connectivity index (χ3v) is 2.37. The summed E-state index contributed by atoms with van der Waals surface area (Å²) in [4.78, 5) is 4.21. The van der Waals surface area contributed by atoms with Crippen LogP contribution >= 0.6 is 0 Å². The number of nitrogens with zero attached hydrogens (tertiary/aromatic N) is 1. The van der Waals surface area contributed by atoms with Gasteiger partial charge in [-0.3, -0.25) is 0 Å². The first-order valence-electron chi connectivity index (χ1n) is 6.13. The van der Waals surface area contributed by atoms with Crippen LogP contribution in [-0.4, -0.2) is 24.7 Å². The van der Waals surface area contributed by atoms with Gasteiger partial charge in [0.15, 0.2) is 0 Å². The summed E-state index contributed by atoms with van der Waals surface area (Å²) in [7, 11) is 0. The molecule has 0 amide bonds. The maximum absolute atomic E-state index is 5.70. The van der Waals surface area contributed by atoms with Gasteiger partial charge in [-0.2, -0.15) is 0 Å². The van der Waals surface area contributed by atoms with Gasteiger partial charge >= 0.3 is 0 Å². The van der Waals surface area contributed by atoms with Crippen LogP contribution in [0, 0.1) is 12.8 Å². The number of pyridine rings is 1. The molecule has 0 atom stereocenters. The monoisotopic (exact) mass is 237 g/mol. The number of nitrogens with two attached hydrogens (primary N) is 1. The van der Waals surface area contributed by atoms with Crippen LogP contribution in [0.1, 0.15) is 25.8 Å². The van der Waals surface area contributed by atoms with Crippen molar-refractivity contribution in [2.45, 2.75) is 27.2 Å². The zero-order valence-corrected chi connectivity index (χ0v) is 11.0. The highest BCUT2D eigenvalue weighted by Gasteiger charge is 1.98. The van der Waals surface area contributed by atoms with Crippen LogP contribution in [0.5, 0.6) is 0 Å². The Bertz CT molecular complexity index is 339. The van der Waals surface area contributed by atoms with Crippen LogP contribution in [0.2, 0.25) is 0 Å². The molecule has 0 aliphatic rings. The second-order valence-corrected chi connectivity index (χ2v) is 4.68. The molecule has 1 rings (SSSR count). The lowest BCUT2D eigenvalue weighted by molar-refractivity contribution is 0.110. The van der Waals surface area contributed by atoms with Crippen LogP contribution in [0.4, 0.5) is 11.5 Å². The fraction of sp³-hybridized carbons (Fsp3) is 0.615. The summed E-state index contributed by atoms with van der Waals surface area (Å²) in [5.41, 5.74) is 7.49. The molecule has 0 saturated carbocycles. The van der Waals surface area contributed by atoms with Crippen LogP contribution in [0.15, 0.2) is 12.3 Å². The minimum atomic E-state index is 0.601. The molecule has 0 unspecified atom stereocenters. The fourth-order valence-electron chi connectivity index (χ4n) is 1.37. The van der Waals surface area contributed by atoms with Gasteiger partial charge in [-0.25, -0.2) is 4.98 Å². The van der Waals surface area contributed by atoms with Crippen molar-refractivity contribution in [1.82, 2.24) is 4.98 Å². The Morgan fingerprint density at radius 3 is 2.88 bits per heavy atom. The molecule has 0 aromatic carbocycles. The van der Waals surface area contributed by atoms with Crippen molar-refractivity contribution in [1.29, 1.82) is 0 Å². The van der Waals surface area contributed by atoms with Crippen LogP contribution in [0.25, 0.3) is 0 Å². The van der Waals surface area contributed by atoms with Gasteiger partial charge in [0, 0.05) is 19.8 Å². The molecule has 4 nitrogen and oxygen atoms in total. The summed E-state index contributed by atoms with van der Waals surface area (Å²) in [6, 6.07) is 1.96. The normalized spacial score (nSPS) is 10.8. The largest absolute Gasteiger partial charge is 0.397 e. The quantitative estimate of drug-likeness (QED) is 0.715. The molecule has 0 aliphatic heterocycles. The first kappa shape index (κ1) is 13.8. The van der Waals surface area contributed by atoms with E-state index in [1.165, 1.54) is 0 Å². The molecule has 0 fully saturated rings. The average Bonchev–Trinajstić information content (AvgIpc) is 2.27. The highest BCUT2D eigenvalue weighted by Crippen LogP contribution is 2.12. The van der Waals surface area contributed by atoms with Crippen LogP contribution < -0.4 is 11.1 Å². The number of rotatable bonds is 7. The lowest BCUT2D eigenvalue weighted by Crippen LogP contribution is -2.09. The second-order valence-electron chi connectivity index (χ2n) is 4.68. The topological polar surface area (TPSA) is 60.2 Å². The summed E-state index contributed by atoms with van der Waals surface area (Å²) in [5.74, 6) is 1.48. The Morgan fingerprint density at radius 1 is 1.47 bits per heavy atom. The number of nitrogens with one attached hydrogen (secondary N) is 1. The number of anilines is 2. The lowest BCUT2D eigenvalue weighted by atomic mass is 10.2. The van der Waals surface area contributed by atoms with Gasteiger partial charge in [-0.15, -0.1) is 0 Å². The van der Waals surface area contributed by atoms with E-state index < -0.39 is 0 Å². The van der Waals surface area contributed by atoms with E-state index in [1.54, 1.807) is 6.20 Å². The Hall–Kier alpha value is -1.29. The van der Waals surface area contributed by atoms with E-state index in [0.29, 0.717) is 5.92 Å². The van der Waals surface area contributed by atoms with Crippen LogP contribution in [-0.2, 0) is 4.74 Å². The number of hydrogen-bond acceptors (Lipinski definition) is 4. The number of aryl methyl sites for hydroxylation is 1. The van der Waals surface area contributed by atoms with Crippen molar-refractivity contribution in [3.8, 4) is 0 Å². The second kappa shape index (κ2) is 7.12. The molecule has 17 heavy (non-hydrogen) atoms. The van der Waals surface area contributed by atoms with Gasteiger partial charge in [0.25, 0.3) is 0 Å². The molecule has 0 saturated heterocycles. The molecule has 1 heterocycles. The van der Waals surface area contributed by atoms with Crippen LogP contribution in [0.3, 0.4) is 0 Å². The summed E-state index contributed by atoms with van der Waals surface area (Å²) in [6.45, 7) is 8.78. The van der Waals surface area contributed by atoms with Crippen molar-refractivity contribution >= 4 is 11.5 Å². The number of hydrogen-bond donors (Lipinski definition) is 2. The predicted molar refractivity (Wildman–Crippen MR) is 72.2 cm³/mol. The van der Waals surface area contributed by atoms with Gasteiger partial charge in [0.1, 0.15) is 5.82 Å². The van der Waals surface area contributed by atoms with Crippen molar-refractivity contribution in [3.05, 3.63) is 17.8 Å². The minimum absolute atomic E-state index is 0.601. The molecule has 1 aromatic heterocycles. The molecule has 0 aliphatic carbocycles. The Kier molecular flexibility index (Phi) is 5.77. The van der Waals surface area contributed by atoms with E-state index in [4.69, 9.17) is 10.5 Å². The zero-order valence-electron chi connectivity index (χ0n) is 11.0. The smallest absolute Gasteiger partial charge is 0.126 e. The predicted octanol–water partition coefficient (Wildman–Crippen LogP) is 2.45. The Labute approximate surface area is 104 Å². The first-order chi connectivity index (χ1) is 8.09. The van der Waals surface area contributed by atoms with Gasteiger partial charge in [-0.05, 0) is 30.9 Å². The summed E-state index contributed by atoms with van der Waals surface area (Å²) in [5, 5.41) is 3.25. The highest BCUT2D eigenvalue weighted by molar-refractivity contribution is 5.50. The van der Waals surface area contributed by atoms with Gasteiger partial charge in [-0.1, -0.05) is 13.8 Å². The summed E-state index contributed by atoms with van der Waals surface area (Å²) >= 11 is 0. The average molecular weight is 237 g/mol. The van der Waals surface area contributed by atoms with E-state index in [0.717, 1.165) is 43.2 Å². The van der Waals surface area contributed by atoms with Gasteiger partial charge in [0.2, 0.25) is 0 Å². The molecule has 1 aromatic rings. The number of nitrogen functional groups attached to an aromatic ring is 1.